The minimum atomic E-state index is 0.0601. The number of nitrogens with one attached hydrogen (secondary N) is 2. The van der Waals surface area contributed by atoms with E-state index in [-0.39, 0.29) is 17.6 Å². The highest BCUT2D eigenvalue weighted by atomic mass is 16.5. The van der Waals surface area contributed by atoms with Crippen LogP contribution in [0.15, 0.2) is 0 Å². The maximum absolute atomic E-state index is 11.4. The minimum Gasteiger partial charge on any atom is -0.380 e. The molecule has 0 aromatic rings. The normalized spacial score (nSPS) is 13.4. The molecule has 1 aliphatic rings. The lowest BCUT2D eigenvalue weighted by molar-refractivity contribution is -0.124. The molecule has 146 valence electrons. The quantitative estimate of drug-likeness (QED) is 0.384. The molecule has 7 nitrogen and oxygen atoms in total. The summed E-state index contributed by atoms with van der Waals surface area (Å²) in [4.78, 5) is 32.3. The zero-order chi connectivity index (χ0) is 18.9. The molecule has 25 heavy (non-hydrogen) atoms. The molecule has 1 fully saturated rings. The average molecular weight is 358 g/mol. The predicted octanol–water partition coefficient (Wildman–Crippen LogP) is 1.45. The van der Waals surface area contributed by atoms with Gasteiger partial charge in [-0.3, -0.25) is 14.4 Å². The number of carbonyl (C=O) groups excluding carboxylic acids is 3. The Kier molecular flexibility index (Phi) is 15.1. The van der Waals surface area contributed by atoms with Gasteiger partial charge in [-0.2, -0.15) is 0 Å². The highest BCUT2D eigenvalue weighted by molar-refractivity contribution is 5.80. The second kappa shape index (κ2) is 16.0. The van der Waals surface area contributed by atoms with Crippen molar-refractivity contribution in [1.29, 1.82) is 0 Å². The van der Waals surface area contributed by atoms with E-state index < -0.39 is 0 Å². The van der Waals surface area contributed by atoms with Crippen LogP contribution in [0.25, 0.3) is 0 Å². The minimum absolute atomic E-state index is 0.0601. The summed E-state index contributed by atoms with van der Waals surface area (Å²) in [6.07, 6.45) is 4.94. The van der Waals surface area contributed by atoms with Crippen molar-refractivity contribution in [3.8, 4) is 0 Å². The van der Waals surface area contributed by atoms with Crippen molar-refractivity contribution in [3.63, 3.8) is 0 Å². The van der Waals surface area contributed by atoms with Gasteiger partial charge in [-0.15, -0.1) is 0 Å². The molecule has 0 spiro atoms. The first-order valence-corrected chi connectivity index (χ1v) is 9.15. The van der Waals surface area contributed by atoms with E-state index in [0.29, 0.717) is 58.3 Å². The van der Waals surface area contributed by atoms with Crippen molar-refractivity contribution in [2.45, 2.75) is 58.9 Å². The van der Waals surface area contributed by atoms with Crippen molar-refractivity contribution in [1.82, 2.24) is 10.6 Å². The smallest absolute Gasteiger partial charge is 0.222 e. The van der Waals surface area contributed by atoms with Gasteiger partial charge in [0.25, 0.3) is 0 Å². The topological polar surface area (TPSA) is 93.7 Å². The van der Waals surface area contributed by atoms with Crippen LogP contribution in [-0.2, 0) is 23.9 Å². The fourth-order valence-corrected chi connectivity index (χ4v) is 1.92. The lowest BCUT2D eigenvalue weighted by Crippen LogP contribution is -2.39. The number of Topliss-reactive ketones (excluding diaryl/α,β-unsaturated/α-hetero) is 1. The Morgan fingerprint density at radius 3 is 2.32 bits per heavy atom. The summed E-state index contributed by atoms with van der Waals surface area (Å²) in [7, 11) is 0. The molecule has 7 heteroatoms. The Bertz CT molecular complexity index is 370. The van der Waals surface area contributed by atoms with E-state index in [0.717, 1.165) is 12.8 Å². The zero-order valence-corrected chi connectivity index (χ0v) is 15.8. The maximum atomic E-state index is 11.4. The molecule has 1 aliphatic carbocycles. The molecule has 0 bridgehead atoms. The molecule has 0 atom stereocenters. The van der Waals surface area contributed by atoms with E-state index in [9.17, 15) is 14.4 Å². The van der Waals surface area contributed by atoms with Crippen LogP contribution in [0.2, 0.25) is 0 Å². The fourth-order valence-electron chi connectivity index (χ4n) is 1.92. The third kappa shape index (κ3) is 14.6. The number of amides is 2. The lowest BCUT2D eigenvalue weighted by atomic mass is 9.93. The van der Waals surface area contributed by atoms with E-state index in [1.165, 1.54) is 6.42 Å². The highest BCUT2D eigenvalue weighted by Crippen LogP contribution is 2.17. The van der Waals surface area contributed by atoms with E-state index in [2.05, 4.69) is 10.6 Å². The van der Waals surface area contributed by atoms with Crippen LogP contribution < -0.4 is 10.6 Å². The van der Waals surface area contributed by atoms with Crippen LogP contribution in [0.5, 0.6) is 0 Å². The van der Waals surface area contributed by atoms with Gasteiger partial charge in [0.05, 0.1) is 19.8 Å². The molecule has 0 aromatic carbocycles. The third-order valence-electron chi connectivity index (χ3n) is 3.76. The van der Waals surface area contributed by atoms with E-state index in [1.54, 1.807) is 0 Å². The second-order valence-electron chi connectivity index (χ2n) is 6.20. The van der Waals surface area contributed by atoms with Gasteiger partial charge in [-0.1, -0.05) is 13.8 Å². The molecule has 1 rings (SSSR count). The van der Waals surface area contributed by atoms with E-state index in [1.807, 2.05) is 20.8 Å². The first-order valence-electron chi connectivity index (χ1n) is 9.15. The van der Waals surface area contributed by atoms with Gasteiger partial charge in [0.15, 0.2) is 0 Å². The Morgan fingerprint density at radius 1 is 1.12 bits per heavy atom. The summed E-state index contributed by atoms with van der Waals surface area (Å²) in [5.74, 6) is 0.342. The first kappa shape index (κ1) is 23.5. The highest BCUT2D eigenvalue weighted by Gasteiger charge is 2.18. The molecule has 0 saturated heterocycles. The molecule has 2 N–H and O–H groups in total. The zero-order valence-electron chi connectivity index (χ0n) is 15.8. The Morgan fingerprint density at radius 2 is 1.80 bits per heavy atom. The molecule has 2 amide bonds. The molecule has 0 radical (unpaired) electrons. The van der Waals surface area contributed by atoms with Crippen LogP contribution in [0.3, 0.4) is 0 Å². The van der Waals surface area contributed by atoms with Crippen LogP contribution in [0, 0.1) is 5.92 Å². The standard InChI is InChI=1S/C13H23NO3.C5H11NO2/c1-10(2)12(15)6-8-17-9-7-13(16)14-11-4-3-5-11;1-2-8-4-3-6-5-7/h10-11H,3-9H2,1-2H3,(H,14,16);5H,2-4H2,1H3,(H,6,7). The number of hydrogen-bond acceptors (Lipinski definition) is 5. The fraction of sp³-hybridized carbons (Fsp3) is 0.833. The number of rotatable bonds is 13. The summed E-state index contributed by atoms with van der Waals surface area (Å²) in [6.45, 7) is 8.44. The van der Waals surface area contributed by atoms with Gasteiger partial charge in [0.2, 0.25) is 12.3 Å². The Labute approximate surface area is 151 Å². The van der Waals surface area contributed by atoms with Gasteiger partial charge in [-0.05, 0) is 26.2 Å². The van der Waals surface area contributed by atoms with Crippen molar-refractivity contribution in [2.75, 3.05) is 33.0 Å². The van der Waals surface area contributed by atoms with Gasteiger partial charge in [0.1, 0.15) is 5.78 Å². The van der Waals surface area contributed by atoms with Crippen molar-refractivity contribution in [2.24, 2.45) is 5.92 Å². The summed E-state index contributed by atoms with van der Waals surface area (Å²) in [5.41, 5.74) is 0. The number of carbonyl (C=O) groups is 3. The van der Waals surface area contributed by atoms with Crippen molar-refractivity contribution >= 4 is 18.1 Å². The second-order valence-corrected chi connectivity index (χ2v) is 6.20. The monoisotopic (exact) mass is 358 g/mol. The van der Waals surface area contributed by atoms with E-state index in [4.69, 9.17) is 9.47 Å². The largest absolute Gasteiger partial charge is 0.380 e. The van der Waals surface area contributed by atoms with Crippen molar-refractivity contribution in [3.05, 3.63) is 0 Å². The summed E-state index contributed by atoms with van der Waals surface area (Å²) in [5, 5.41) is 5.43. The van der Waals surface area contributed by atoms with Crippen molar-refractivity contribution < 1.29 is 23.9 Å². The molecular weight excluding hydrogens is 324 g/mol. The average Bonchev–Trinajstić information content (AvgIpc) is 2.55. The molecular formula is C18H34N2O5. The van der Waals surface area contributed by atoms with Gasteiger partial charge < -0.3 is 20.1 Å². The number of hydrogen-bond donors (Lipinski definition) is 2. The van der Waals surface area contributed by atoms with Crippen LogP contribution >= 0.6 is 0 Å². The third-order valence-corrected chi connectivity index (χ3v) is 3.76. The molecule has 0 aliphatic heterocycles. The summed E-state index contributed by atoms with van der Waals surface area (Å²) < 4.78 is 10.2. The SMILES string of the molecule is CC(C)C(=O)CCOCCC(=O)NC1CCC1.CCOCCNC=O. The molecule has 0 aromatic heterocycles. The van der Waals surface area contributed by atoms with Gasteiger partial charge in [-0.25, -0.2) is 0 Å². The van der Waals surface area contributed by atoms with Gasteiger partial charge >= 0.3 is 0 Å². The summed E-state index contributed by atoms with van der Waals surface area (Å²) >= 11 is 0. The molecule has 0 heterocycles. The number of ketones is 1. The summed E-state index contributed by atoms with van der Waals surface area (Å²) in [6, 6.07) is 0.394. The van der Waals surface area contributed by atoms with Crippen LogP contribution in [-0.4, -0.2) is 57.1 Å². The Hall–Kier alpha value is -1.47. The predicted molar refractivity (Wildman–Crippen MR) is 96.2 cm³/mol. The van der Waals surface area contributed by atoms with Crippen LogP contribution in [0.4, 0.5) is 0 Å². The van der Waals surface area contributed by atoms with E-state index >= 15 is 0 Å². The van der Waals surface area contributed by atoms with Crippen LogP contribution in [0.1, 0.15) is 52.9 Å². The Balaban J connectivity index is 0.000000609. The maximum Gasteiger partial charge on any atom is 0.222 e. The number of ether oxygens (including phenoxy) is 2. The first-order chi connectivity index (χ1) is 12.0. The lowest BCUT2D eigenvalue weighted by Gasteiger charge is -2.26. The van der Waals surface area contributed by atoms with Gasteiger partial charge in [0, 0.05) is 38.0 Å². The molecule has 0 unspecified atom stereocenters. The molecule has 1 saturated carbocycles.